The Labute approximate surface area is 199 Å². The topological polar surface area (TPSA) is 101 Å². The summed E-state index contributed by atoms with van der Waals surface area (Å²) in [5.74, 6) is 8.48. The summed E-state index contributed by atoms with van der Waals surface area (Å²) in [7, 11) is 0. The van der Waals surface area contributed by atoms with Crippen LogP contribution >= 0.6 is 0 Å². The van der Waals surface area contributed by atoms with E-state index in [-0.39, 0.29) is 17.9 Å². The van der Waals surface area contributed by atoms with Gasteiger partial charge in [0.15, 0.2) is 6.10 Å². The lowest BCUT2D eigenvalue weighted by Gasteiger charge is -2.03. The third kappa shape index (κ3) is 33.5. The van der Waals surface area contributed by atoms with Crippen LogP contribution in [0.25, 0.3) is 0 Å². The largest absolute Gasteiger partial charge is 0.478 e. The van der Waals surface area contributed by atoms with Gasteiger partial charge < -0.3 is 14.9 Å². The normalized spacial score (nSPS) is 12.5. The zero-order chi connectivity index (χ0) is 26.2. The van der Waals surface area contributed by atoms with Gasteiger partial charge in [-0.2, -0.15) is 0 Å². The lowest BCUT2D eigenvalue weighted by molar-refractivity contribution is -0.139. The minimum absolute atomic E-state index is 0.217. The molecule has 2 N–H and O–H groups in total. The standard InChI is InChI=1S/C13H18O2.C8H12O2.C6H8O2/c1-5-7-11(3)9-10-13(14)15-12(4)8-6-2;1-3-4-7(2)5-6-8(9)10;1-5(7)3-4-6(2)8/h7,9-10,12H,5H2,1-4H3;4-6H,3H2,1-2H3,(H,9,10);5,7H,1-2H3/b10-9+,11-7+;6-5+,7-4+;/t12-;;5-/m1.1/s1. The fourth-order valence-corrected chi connectivity index (χ4v) is 1.83. The Hall–Kier alpha value is -3.35. The molecule has 0 radical (unpaired) electrons. The van der Waals surface area contributed by atoms with Gasteiger partial charge in [-0.3, -0.25) is 4.79 Å². The van der Waals surface area contributed by atoms with Crippen LogP contribution in [0, 0.1) is 23.7 Å². The summed E-state index contributed by atoms with van der Waals surface area (Å²) in [6.45, 7) is 14.2. The second-order valence-corrected chi connectivity index (χ2v) is 6.69. The van der Waals surface area contributed by atoms with E-state index in [9.17, 15) is 14.4 Å². The number of aliphatic carboxylic acids is 1. The molecule has 0 saturated carbocycles. The van der Waals surface area contributed by atoms with Crippen LogP contribution in [0.5, 0.6) is 0 Å². The van der Waals surface area contributed by atoms with Crippen LogP contribution in [0.3, 0.4) is 0 Å². The summed E-state index contributed by atoms with van der Waals surface area (Å²) in [6.07, 6.45) is 10.8. The lowest BCUT2D eigenvalue weighted by atomic mass is 10.2. The summed E-state index contributed by atoms with van der Waals surface area (Å²) in [5.41, 5.74) is 2.05. The second-order valence-electron chi connectivity index (χ2n) is 6.69. The van der Waals surface area contributed by atoms with Gasteiger partial charge in [-0.1, -0.05) is 61.1 Å². The molecule has 182 valence electrons. The van der Waals surface area contributed by atoms with E-state index in [0.717, 1.165) is 30.1 Å². The molecule has 0 aromatic heterocycles. The number of allylic oxidation sites excluding steroid dienone is 6. The minimum atomic E-state index is -0.899. The first kappa shape index (κ1) is 34.3. The van der Waals surface area contributed by atoms with E-state index >= 15 is 0 Å². The van der Waals surface area contributed by atoms with Crippen molar-refractivity contribution in [2.45, 2.75) is 80.4 Å². The maximum absolute atomic E-state index is 11.2. The number of carboxylic acid groups (broad SMARTS) is 1. The fraction of sp³-hybridized carbons (Fsp3) is 0.444. The number of ketones is 1. The van der Waals surface area contributed by atoms with Crippen molar-refractivity contribution < 1.29 is 29.3 Å². The van der Waals surface area contributed by atoms with Gasteiger partial charge in [0.2, 0.25) is 5.78 Å². The third-order valence-electron chi connectivity index (χ3n) is 3.12. The van der Waals surface area contributed by atoms with Crippen molar-refractivity contribution in [1.29, 1.82) is 0 Å². The van der Waals surface area contributed by atoms with Gasteiger partial charge >= 0.3 is 11.9 Å². The molecular weight excluding hydrogens is 420 g/mol. The van der Waals surface area contributed by atoms with Crippen LogP contribution in [0.15, 0.2) is 47.6 Å². The molecule has 0 aromatic carbocycles. The van der Waals surface area contributed by atoms with Crippen molar-refractivity contribution in [1.82, 2.24) is 0 Å². The Bertz CT molecular complexity index is 833. The number of hydrogen-bond acceptors (Lipinski definition) is 5. The Kier molecular flexibility index (Phi) is 24.2. The number of Topliss-reactive ketones (excluding diaryl/α,β-unsaturated/α-hetero) is 1. The molecule has 0 unspecified atom stereocenters. The second kappa shape index (κ2) is 23.3. The van der Waals surface area contributed by atoms with E-state index in [2.05, 4.69) is 30.6 Å². The predicted octanol–water partition coefficient (Wildman–Crippen LogP) is 4.80. The molecule has 0 aliphatic carbocycles. The Morgan fingerprint density at radius 3 is 1.70 bits per heavy atom. The van der Waals surface area contributed by atoms with E-state index in [4.69, 9.17) is 14.9 Å². The van der Waals surface area contributed by atoms with Crippen molar-refractivity contribution in [3.05, 3.63) is 47.6 Å². The molecule has 0 saturated heterocycles. The monoisotopic (exact) mass is 458 g/mol. The molecule has 2 atom stereocenters. The van der Waals surface area contributed by atoms with E-state index in [1.807, 2.05) is 32.9 Å². The highest BCUT2D eigenvalue weighted by Crippen LogP contribution is 1.98. The molecule has 0 aliphatic rings. The van der Waals surface area contributed by atoms with Gasteiger partial charge in [0.05, 0.1) is 0 Å². The number of carbonyl (C=O) groups excluding carboxylic acids is 2. The molecule has 0 fully saturated rings. The summed E-state index contributed by atoms with van der Waals surface area (Å²) in [6, 6.07) is 0. The van der Waals surface area contributed by atoms with E-state index in [1.54, 1.807) is 26.0 Å². The van der Waals surface area contributed by atoms with Crippen molar-refractivity contribution in [3.8, 4) is 23.7 Å². The molecule has 33 heavy (non-hydrogen) atoms. The van der Waals surface area contributed by atoms with Gasteiger partial charge in [0, 0.05) is 19.1 Å². The SMILES string of the molecule is CC#C[C@@H](C)OC(=O)/C=C/C(C)=C/CC.CC(=O)C#C[C@@H](C)O.CC/C=C(C)/C=C/C(=O)O. The number of esters is 1. The number of carbonyl (C=O) groups is 3. The van der Waals surface area contributed by atoms with Gasteiger partial charge in [-0.25, -0.2) is 9.59 Å². The van der Waals surface area contributed by atoms with Crippen molar-refractivity contribution in [2.75, 3.05) is 0 Å². The third-order valence-corrected chi connectivity index (χ3v) is 3.12. The molecule has 6 heteroatoms. The van der Waals surface area contributed by atoms with Crippen molar-refractivity contribution >= 4 is 17.7 Å². The summed E-state index contributed by atoms with van der Waals surface area (Å²) in [5, 5.41) is 16.7. The quantitative estimate of drug-likeness (QED) is 0.187. The molecule has 0 amide bonds. The average Bonchev–Trinajstić information content (AvgIpc) is 2.71. The lowest BCUT2D eigenvalue weighted by Crippen LogP contribution is -2.10. The van der Waals surface area contributed by atoms with E-state index in [1.165, 1.54) is 19.9 Å². The van der Waals surface area contributed by atoms with E-state index < -0.39 is 12.1 Å². The average molecular weight is 459 g/mol. The number of carboxylic acids is 1. The Balaban J connectivity index is -0.000000435. The first-order valence-corrected chi connectivity index (χ1v) is 10.6. The highest BCUT2D eigenvalue weighted by atomic mass is 16.5. The molecular formula is C27H38O6. The molecule has 0 aromatic rings. The van der Waals surface area contributed by atoms with Crippen LogP contribution in [0.4, 0.5) is 0 Å². The predicted molar refractivity (Wildman–Crippen MR) is 133 cm³/mol. The maximum atomic E-state index is 11.2. The van der Waals surface area contributed by atoms with E-state index in [0.29, 0.717) is 0 Å². The van der Waals surface area contributed by atoms with Crippen LogP contribution in [0.1, 0.15) is 68.2 Å². The fourth-order valence-electron chi connectivity index (χ4n) is 1.83. The van der Waals surface area contributed by atoms with Crippen LogP contribution in [-0.2, 0) is 19.1 Å². The number of rotatable bonds is 7. The molecule has 0 heterocycles. The number of aliphatic hydroxyl groups is 1. The minimum Gasteiger partial charge on any atom is -0.478 e. The molecule has 0 bridgehead atoms. The summed E-state index contributed by atoms with van der Waals surface area (Å²) in [4.78, 5) is 31.3. The first-order valence-electron chi connectivity index (χ1n) is 10.6. The van der Waals surface area contributed by atoms with Crippen molar-refractivity contribution in [3.63, 3.8) is 0 Å². The van der Waals surface area contributed by atoms with Crippen LogP contribution in [0.2, 0.25) is 0 Å². The number of aliphatic hydroxyl groups excluding tert-OH is 1. The van der Waals surface area contributed by atoms with Crippen LogP contribution in [-0.4, -0.2) is 40.1 Å². The van der Waals surface area contributed by atoms with Gasteiger partial charge in [-0.05, 0) is 53.4 Å². The Morgan fingerprint density at radius 2 is 1.36 bits per heavy atom. The summed E-state index contributed by atoms with van der Waals surface area (Å²) >= 11 is 0. The van der Waals surface area contributed by atoms with Gasteiger partial charge in [0.1, 0.15) is 6.10 Å². The molecule has 0 rings (SSSR count). The van der Waals surface area contributed by atoms with Crippen LogP contribution < -0.4 is 0 Å². The number of ether oxygens (including phenoxy) is 1. The smallest absolute Gasteiger partial charge is 0.331 e. The Morgan fingerprint density at radius 1 is 0.879 bits per heavy atom. The molecule has 0 aliphatic heterocycles. The highest BCUT2D eigenvalue weighted by Gasteiger charge is 2.01. The number of hydrogen-bond donors (Lipinski definition) is 2. The summed E-state index contributed by atoms with van der Waals surface area (Å²) < 4.78 is 4.99. The van der Waals surface area contributed by atoms with Gasteiger partial charge in [0.25, 0.3) is 0 Å². The molecule has 0 spiro atoms. The first-order chi connectivity index (χ1) is 15.4. The maximum Gasteiger partial charge on any atom is 0.331 e. The van der Waals surface area contributed by atoms with Gasteiger partial charge in [-0.15, -0.1) is 5.92 Å². The van der Waals surface area contributed by atoms with Crippen molar-refractivity contribution in [2.24, 2.45) is 0 Å². The highest BCUT2D eigenvalue weighted by molar-refractivity contribution is 5.93. The zero-order valence-electron chi connectivity index (χ0n) is 21.1. The zero-order valence-corrected chi connectivity index (χ0v) is 21.1. The molecule has 6 nitrogen and oxygen atoms in total.